The van der Waals surface area contributed by atoms with Crippen molar-refractivity contribution in [2.45, 2.75) is 6.42 Å². The molecule has 7 nitrogen and oxygen atoms in total. The third-order valence-electron chi connectivity index (χ3n) is 3.09. The van der Waals surface area contributed by atoms with Crippen LogP contribution in [-0.4, -0.2) is 58.8 Å². The molecule has 0 saturated carbocycles. The van der Waals surface area contributed by atoms with Gasteiger partial charge in [-0.1, -0.05) is 0 Å². The second-order valence-electron chi connectivity index (χ2n) is 5.15. The topological polar surface area (TPSA) is 83.0 Å². The minimum atomic E-state index is -3.25. The van der Waals surface area contributed by atoms with Crippen molar-refractivity contribution in [1.82, 2.24) is 10.2 Å². The van der Waals surface area contributed by atoms with Crippen LogP contribution < -0.4 is 14.8 Å². The quantitative estimate of drug-likeness (QED) is 0.753. The molecule has 22 heavy (non-hydrogen) atoms. The van der Waals surface area contributed by atoms with E-state index in [1.807, 2.05) is 7.05 Å². The number of hydrogen-bond acceptors (Lipinski definition) is 6. The lowest BCUT2D eigenvalue weighted by Crippen LogP contribution is -2.43. The molecule has 0 fully saturated rings. The molecule has 2 N–H and O–H groups in total. The SMILES string of the molecule is CN1CCCN=C1NCCOc1ccc(NS(C)(=O)=O)cc1. The number of hydrogen-bond donors (Lipinski definition) is 2. The zero-order valence-corrected chi connectivity index (χ0v) is 13.7. The van der Waals surface area contributed by atoms with Crippen LogP contribution in [-0.2, 0) is 10.0 Å². The van der Waals surface area contributed by atoms with Gasteiger partial charge in [-0.25, -0.2) is 8.42 Å². The Morgan fingerprint density at radius 2 is 2.05 bits per heavy atom. The van der Waals surface area contributed by atoms with Crippen LogP contribution in [0.1, 0.15) is 6.42 Å². The van der Waals surface area contributed by atoms with E-state index >= 15 is 0 Å². The number of nitrogens with zero attached hydrogens (tertiary/aromatic N) is 2. The first-order valence-electron chi connectivity index (χ1n) is 7.14. The Morgan fingerprint density at radius 1 is 1.32 bits per heavy atom. The molecule has 1 aliphatic rings. The first kappa shape index (κ1) is 16.4. The van der Waals surface area contributed by atoms with Gasteiger partial charge >= 0.3 is 0 Å². The summed E-state index contributed by atoms with van der Waals surface area (Å²) >= 11 is 0. The van der Waals surface area contributed by atoms with E-state index in [-0.39, 0.29) is 0 Å². The zero-order chi connectivity index (χ0) is 16.0. The highest BCUT2D eigenvalue weighted by Gasteiger charge is 2.09. The van der Waals surface area contributed by atoms with Gasteiger partial charge in [0.15, 0.2) is 5.96 Å². The molecule has 8 heteroatoms. The first-order chi connectivity index (χ1) is 10.4. The molecule has 122 valence electrons. The molecule has 0 radical (unpaired) electrons. The van der Waals surface area contributed by atoms with Crippen LogP contribution >= 0.6 is 0 Å². The van der Waals surface area contributed by atoms with E-state index in [9.17, 15) is 8.42 Å². The van der Waals surface area contributed by atoms with E-state index in [4.69, 9.17) is 4.74 Å². The van der Waals surface area contributed by atoms with Gasteiger partial charge in [-0.3, -0.25) is 9.71 Å². The minimum absolute atomic E-state index is 0.506. The number of aliphatic imine (C=N–C) groups is 1. The molecule has 1 heterocycles. The van der Waals surface area contributed by atoms with Crippen LogP contribution in [0.25, 0.3) is 0 Å². The Labute approximate surface area is 131 Å². The second kappa shape index (κ2) is 7.35. The highest BCUT2D eigenvalue weighted by molar-refractivity contribution is 7.92. The smallest absolute Gasteiger partial charge is 0.229 e. The third kappa shape index (κ3) is 5.44. The van der Waals surface area contributed by atoms with Gasteiger partial charge in [-0.05, 0) is 30.7 Å². The lowest BCUT2D eigenvalue weighted by Gasteiger charge is -2.25. The fourth-order valence-electron chi connectivity index (χ4n) is 2.08. The molecule has 0 saturated heterocycles. The number of rotatable bonds is 6. The Balaban J connectivity index is 1.74. The fraction of sp³-hybridized carbons (Fsp3) is 0.500. The molecule has 0 unspecified atom stereocenters. The van der Waals surface area contributed by atoms with Gasteiger partial charge in [0.05, 0.1) is 12.8 Å². The van der Waals surface area contributed by atoms with E-state index < -0.39 is 10.0 Å². The average molecular weight is 326 g/mol. The molecule has 2 rings (SSSR count). The summed E-state index contributed by atoms with van der Waals surface area (Å²) in [7, 11) is -1.23. The zero-order valence-electron chi connectivity index (χ0n) is 12.9. The van der Waals surface area contributed by atoms with Crippen LogP contribution in [0.15, 0.2) is 29.3 Å². The largest absolute Gasteiger partial charge is 0.492 e. The summed E-state index contributed by atoms with van der Waals surface area (Å²) in [5.41, 5.74) is 0.520. The standard InChI is InChI=1S/C14H22N4O3S/c1-18-10-3-8-15-14(18)16-9-11-21-13-6-4-12(5-7-13)17-22(2,19)20/h4-7,17H,3,8-11H2,1-2H3,(H,15,16). The van der Waals surface area contributed by atoms with Crippen LogP contribution in [0.2, 0.25) is 0 Å². The van der Waals surface area contributed by atoms with Gasteiger partial charge in [0.25, 0.3) is 0 Å². The van der Waals surface area contributed by atoms with Gasteiger partial charge < -0.3 is 15.0 Å². The molecule has 0 atom stereocenters. The Bertz CT molecular complexity index is 613. The number of ether oxygens (including phenoxy) is 1. The Morgan fingerprint density at radius 3 is 2.68 bits per heavy atom. The average Bonchev–Trinajstić information content (AvgIpc) is 2.45. The third-order valence-corrected chi connectivity index (χ3v) is 3.69. The Kier molecular flexibility index (Phi) is 5.48. The molecule has 1 aromatic carbocycles. The van der Waals surface area contributed by atoms with Crippen molar-refractivity contribution in [3.05, 3.63) is 24.3 Å². The van der Waals surface area contributed by atoms with Gasteiger partial charge in [0.1, 0.15) is 12.4 Å². The van der Waals surface area contributed by atoms with Crippen molar-refractivity contribution in [1.29, 1.82) is 0 Å². The monoisotopic (exact) mass is 326 g/mol. The lowest BCUT2D eigenvalue weighted by molar-refractivity contribution is 0.318. The summed E-state index contributed by atoms with van der Waals surface area (Å²) in [5.74, 6) is 1.60. The maximum absolute atomic E-state index is 11.1. The number of guanidine groups is 1. The highest BCUT2D eigenvalue weighted by atomic mass is 32.2. The van der Waals surface area contributed by atoms with Crippen LogP contribution in [0.3, 0.4) is 0 Å². The second-order valence-corrected chi connectivity index (χ2v) is 6.90. The Hall–Kier alpha value is -1.96. The van der Waals surface area contributed by atoms with E-state index in [0.717, 1.165) is 31.7 Å². The van der Waals surface area contributed by atoms with Crippen LogP contribution in [0, 0.1) is 0 Å². The molecular weight excluding hydrogens is 304 g/mol. The van der Waals surface area contributed by atoms with Crippen molar-refractivity contribution < 1.29 is 13.2 Å². The van der Waals surface area contributed by atoms with E-state index in [0.29, 0.717) is 24.6 Å². The summed E-state index contributed by atoms with van der Waals surface area (Å²) < 4.78 is 30.2. The fourth-order valence-corrected chi connectivity index (χ4v) is 2.64. The maximum Gasteiger partial charge on any atom is 0.229 e. The first-order valence-corrected chi connectivity index (χ1v) is 9.03. The molecule has 1 aromatic rings. The molecule has 0 bridgehead atoms. The van der Waals surface area contributed by atoms with Gasteiger partial charge in [-0.15, -0.1) is 0 Å². The van der Waals surface area contributed by atoms with Crippen LogP contribution in [0.4, 0.5) is 5.69 Å². The maximum atomic E-state index is 11.1. The molecular formula is C14H22N4O3S. The van der Waals surface area contributed by atoms with E-state index in [1.165, 1.54) is 0 Å². The summed E-state index contributed by atoms with van der Waals surface area (Å²) in [4.78, 5) is 6.50. The van der Waals surface area contributed by atoms with Gasteiger partial charge in [-0.2, -0.15) is 0 Å². The summed E-state index contributed by atoms with van der Waals surface area (Å²) in [6.07, 6.45) is 2.21. The minimum Gasteiger partial charge on any atom is -0.492 e. The number of sulfonamides is 1. The highest BCUT2D eigenvalue weighted by Crippen LogP contribution is 2.16. The lowest BCUT2D eigenvalue weighted by atomic mass is 10.3. The molecule has 0 aliphatic carbocycles. The van der Waals surface area contributed by atoms with E-state index in [2.05, 4.69) is 19.9 Å². The molecule has 0 aromatic heterocycles. The van der Waals surface area contributed by atoms with Crippen molar-refractivity contribution in [3.63, 3.8) is 0 Å². The predicted molar refractivity (Wildman–Crippen MR) is 88.0 cm³/mol. The summed E-state index contributed by atoms with van der Waals surface area (Å²) in [6.45, 7) is 3.04. The number of anilines is 1. The van der Waals surface area contributed by atoms with Gasteiger partial charge in [0, 0.05) is 25.8 Å². The number of nitrogens with one attached hydrogen (secondary N) is 2. The van der Waals surface area contributed by atoms with Crippen molar-refractivity contribution in [2.24, 2.45) is 4.99 Å². The molecule has 1 aliphatic heterocycles. The predicted octanol–water partition coefficient (Wildman–Crippen LogP) is 0.718. The van der Waals surface area contributed by atoms with Crippen molar-refractivity contribution in [3.8, 4) is 5.75 Å². The summed E-state index contributed by atoms with van der Waals surface area (Å²) in [6, 6.07) is 6.81. The van der Waals surface area contributed by atoms with E-state index in [1.54, 1.807) is 24.3 Å². The number of benzene rings is 1. The van der Waals surface area contributed by atoms with Crippen molar-refractivity contribution in [2.75, 3.05) is 44.3 Å². The van der Waals surface area contributed by atoms with Gasteiger partial charge in [0.2, 0.25) is 10.0 Å². The normalized spacial score (nSPS) is 15.2. The van der Waals surface area contributed by atoms with Crippen molar-refractivity contribution >= 4 is 21.7 Å². The molecule has 0 spiro atoms. The summed E-state index contributed by atoms with van der Waals surface area (Å²) in [5, 5.41) is 3.24. The molecule has 0 amide bonds. The van der Waals surface area contributed by atoms with Crippen LogP contribution in [0.5, 0.6) is 5.75 Å².